The molecule has 0 saturated carbocycles. The molecule has 0 spiro atoms. The highest BCUT2D eigenvalue weighted by Crippen LogP contribution is 2.28. The molecule has 0 bridgehead atoms. The van der Waals surface area contributed by atoms with E-state index >= 15 is 0 Å². The minimum absolute atomic E-state index is 0.274. The molecular weight excluding hydrogens is 323 g/mol. The largest absolute Gasteiger partial charge is 0.435 e. The summed E-state index contributed by atoms with van der Waals surface area (Å²) in [7, 11) is 0. The Balaban J connectivity index is 1.59. The van der Waals surface area contributed by atoms with Crippen molar-refractivity contribution in [1.29, 1.82) is 0 Å². The van der Waals surface area contributed by atoms with E-state index in [1.807, 2.05) is 6.07 Å². The SMILES string of the molecule is Cc1cc(C(F)(F)F)nn1CCNc1cc(C2CCOC2)ncn1. The molecule has 1 aliphatic rings. The fraction of sp³-hybridized carbons (Fsp3) is 0.533. The zero-order valence-corrected chi connectivity index (χ0v) is 13.2. The molecule has 9 heteroatoms. The zero-order valence-electron chi connectivity index (χ0n) is 13.2. The van der Waals surface area contributed by atoms with E-state index < -0.39 is 11.9 Å². The summed E-state index contributed by atoms with van der Waals surface area (Å²) in [6.07, 6.45) is -2.01. The van der Waals surface area contributed by atoms with Crippen LogP contribution >= 0.6 is 0 Å². The smallest absolute Gasteiger partial charge is 0.381 e. The van der Waals surface area contributed by atoms with Crippen molar-refractivity contribution in [2.24, 2.45) is 0 Å². The molecule has 0 aromatic carbocycles. The van der Waals surface area contributed by atoms with Crippen molar-refractivity contribution in [3.05, 3.63) is 35.5 Å². The Morgan fingerprint density at radius 3 is 2.83 bits per heavy atom. The average molecular weight is 341 g/mol. The van der Waals surface area contributed by atoms with E-state index in [4.69, 9.17) is 4.74 Å². The van der Waals surface area contributed by atoms with E-state index in [1.165, 1.54) is 11.0 Å². The fourth-order valence-electron chi connectivity index (χ4n) is 2.62. The van der Waals surface area contributed by atoms with Gasteiger partial charge in [0.1, 0.15) is 12.1 Å². The summed E-state index contributed by atoms with van der Waals surface area (Å²) in [4.78, 5) is 8.39. The summed E-state index contributed by atoms with van der Waals surface area (Å²) in [5.74, 6) is 0.920. The van der Waals surface area contributed by atoms with Crippen LogP contribution in [0.2, 0.25) is 0 Å². The molecule has 3 heterocycles. The highest BCUT2D eigenvalue weighted by Gasteiger charge is 2.34. The number of nitrogens with zero attached hydrogens (tertiary/aromatic N) is 4. The topological polar surface area (TPSA) is 64.9 Å². The second-order valence-electron chi connectivity index (χ2n) is 5.71. The van der Waals surface area contributed by atoms with Gasteiger partial charge in [-0.05, 0) is 19.4 Å². The highest BCUT2D eigenvalue weighted by molar-refractivity contribution is 5.35. The van der Waals surface area contributed by atoms with Crippen molar-refractivity contribution >= 4 is 5.82 Å². The maximum atomic E-state index is 12.6. The number of hydrogen-bond acceptors (Lipinski definition) is 5. The molecule has 24 heavy (non-hydrogen) atoms. The lowest BCUT2D eigenvalue weighted by Gasteiger charge is -2.10. The summed E-state index contributed by atoms with van der Waals surface area (Å²) in [5.41, 5.74) is 0.515. The Morgan fingerprint density at radius 1 is 1.33 bits per heavy atom. The molecule has 1 atom stereocenters. The Kier molecular flexibility index (Phi) is 4.70. The third kappa shape index (κ3) is 3.84. The highest BCUT2D eigenvalue weighted by atomic mass is 19.4. The van der Waals surface area contributed by atoms with Crippen LogP contribution in [-0.2, 0) is 17.5 Å². The van der Waals surface area contributed by atoms with Crippen LogP contribution in [0.4, 0.5) is 19.0 Å². The molecule has 1 N–H and O–H groups in total. The van der Waals surface area contributed by atoms with Gasteiger partial charge in [-0.3, -0.25) is 4.68 Å². The summed E-state index contributed by atoms with van der Waals surface area (Å²) in [5, 5.41) is 6.69. The predicted octanol–water partition coefficient (Wildman–Crippen LogP) is 2.62. The van der Waals surface area contributed by atoms with Crippen molar-refractivity contribution in [3.8, 4) is 0 Å². The first-order valence-corrected chi connectivity index (χ1v) is 7.68. The van der Waals surface area contributed by atoms with Gasteiger partial charge in [-0.15, -0.1) is 0 Å². The van der Waals surface area contributed by atoms with Crippen molar-refractivity contribution < 1.29 is 17.9 Å². The van der Waals surface area contributed by atoms with E-state index in [0.29, 0.717) is 31.2 Å². The molecule has 0 radical (unpaired) electrons. The van der Waals surface area contributed by atoms with Gasteiger partial charge in [-0.2, -0.15) is 18.3 Å². The molecule has 0 aliphatic carbocycles. The molecule has 6 nitrogen and oxygen atoms in total. The molecular formula is C15H18F3N5O. The number of aryl methyl sites for hydroxylation is 1. The maximum Gasteiger partial charge on any atom is 0.435 e. The predicted molar refractivity (Wildman–Crippen MR) is 80.7 cm³/mol. The summed E-state index contributed by atoms with van der Waals surface area (Å²) < 4.78 is 44.6. The minimum atomic E-state index is -4.42. The van der Waals surface area contributed by atoms with Gasteiger partial charge in [0.15, 0.2) is 5.69 Å². The molecule has 1 fully saturated rings. The monoisotopic (exact) mass is 341 g/mol. The Labute approximate surface area is 137 Å². The van der Waals surface area contributed by atoms with Crippen LogP contribution in [0, 0.1) is 6.92 Å². The molecule has 3 rings (SSSR count). The molecule has 130 valence electrons. The lowest BCUT2D eigenvalue weighted by molar-refractivity contribution is -0.141. The van der Waals surface area contributed by atoms with E-state index in [9.17, 15) is 13.2 Å². The lowest BCUT2D eigenvalue weighted by atomic mass is 10.1. The average Bonchev–Trinajstić information content (AvgIpc) is 3.17. The number of rotatable bonds is 5. The number of ether oxygens (including phenoxy) is 1. The van der Waals surface area contributed by atoms with Gasteiger partial charge in [0, 0.05) is 30.8 Å². The Hall–Kier alpha value is -2.16. The van der Waals surface area contributed by atoms with Gasteiger partial charge in [-0.1, -0.05) is 0 Å². The van der Waals surface area contributed by atoms with Crippen molar-refractivity contribution in [2.75, 3.05) is 25.1 Å². The summed E-state index contributed by atoms with van der Waals surface area (Å²) in [6, 6.07) is 2.90. The van der Waals surface area contributed by atoms with Crippen LogP contribution in [0.15, 0.2) is 18.5 Å². The van der Waals surface area contributed by atoms with Gasteiger partial charge in [0.2, 0.25) is 0 Å². The van der Waals surface area contributed by atoms with Crippen molar-refractivity contribution in [3.63, 3.8) is 0 Å². The van der Waals surface area contributed by atoms with Crippen molar-refractivity contribution in [1.82, 2.24) is 19.7 Å². The van der Waals surface area contributed by atoms with Crippen LogP contribution < -0.4 is 5.32 Å². The molecule has 1 saturated heterocycles. The van der Waals surface area contributed by atoms with Crippen LogP contribution in [-0.4, -0.2) is 39.5 Å². The number of hydrogen-bond donors (Lipinski definition) is 1. The second-order valence-corrected chi connectivity index (χ2v) is 5.71. The van der Waals surface area contributed by atoms with Crippen LogP contribution in [0.3, 0.4) is 0 Å². The Morgan fingerprint density at radius 2 is 2.17 bits per heavy atom. The van der Waals surface area contributed by atoms with Crippen LogP contribution in [0.1, 0.15) is 29.4 Å². The second kappa shape index (κ2) is 6.76. The minimum Gasteiger partial charge on any atom is -0.381 e. The van der Waals surface area contributed by atoms with Crippen molar-refractivity contribution in [2.45, 2.75) is 32.0 Å². The van der Waals surface area contributed by atoms with Gasteiger partial charge in [0.05, 0.1) is 18.8 Å². The third-order valence-corrected chi connectivity index (χ3v) is 3.94. The molecule has 1 aliphatic heterocycles. The lowest BCUT2D eigenvalue weighted by Crippen LogP contribution is -2.15. The van der Waals surface area contributed by atoms with Crippen LogP contribution in [0.5, 0.6) is 0 Å². The third-order valence-electron chi connectivity index (χ3n) is 3.94. The quantitative estimate of drug-likeness (QED) is 0.906. The number of anilines is 1. The maximum absolute atomic E-state index is 12.6. The van der Waals surface area contributed by atoms with Gasteiger partial charge >= 0.3 is 6.18 Å². The standard InChI is InChI=1S/C15H18F3N5O/c1-10-6-13(15(16,17)18)22-23(10)4-3-19-14-7-12(20-9-21-14)11-2-5-24-8-11/h6-7,9,11H,2-5,8H2,1H3,(H,19,20,21). The van der Waals surface area contributed by atoms with Crippen LogP contribution in [0.25, 0.3) is 0 Å². The molecule has 2 aromatic heterocycles. The first-order chi connectivity index (χ1) is 11.4. The zero-order chi connectivity index (χ0) is 17.2. The van der Waals surface area contributed by atoms with E-state index in [1.54, 1.807) is 6.92 Å². The van der Waals surface area contributed by atoms with Gasteiger partial charge in [-0.25, -0.2) is 9.97 Å². The first-order valence-electron chi connectivity index (χ1n) is 7.68. The van der Waals surface area contributed by atoms with Gasteiger partial charge < -0.3 is 10.1 Å². The number of aromatic nitrogens is 4. The number of nitrogens with one attached hydrogen (secondary N) is 1. The normalized spacial score (nSPS) is 18.1. The molecule has 0 amide bonds. The fourth-order valence-corrected chi connectivity index (χ4v) is 2.62. The van der Waals surface area contributed by atoms with E-state index in [0.717, 1.165) is 24.8 Å². The van der Waals surface area contributed by atoms with Gasteiger partial charge in [0.25, 0.3) is 0 Å². The molecule has 2 aromatic rings. The summed E-state index contributed by atoms with van der Waals surface area (Å²) in [6.45, 7) is 3.72. The summed E-state index contributed by atoms with van der Waals surface area (Å²) >= 11 is 0. The Bertz CT molecular complexity index is 695. The van der Waals surface area contributed by atoms with E-state index in [2.05, 4.69) is 20.4 Å². The molecule has 1 unspecified atom stereocenters. The van der Waals surface area contributed by atoms with E-state index in [-0.39, 0.29) is 5.92 Å². The first kappa shape index (κ1) is 16.7. The number of alkyl halides is 3. The number of halogens is 3.